The molecule has 5 nitrogen and oxygen atoms in total. The van der Waals surface area contributed by atoms with Gasteiger partial charge in [-0.1, -0.05) is 0 Å². The smallest absolute Gasteiger partial charge is 0.316 e. The number of carboxylic acid groups (broad SMARTS) is 1. The van der Waals surface area contributed by atoms with Gasteiger partial charge in [-0.2, -0.15) is 0 Å². The number of nitrogens with one attached hydrogen (secondary N) is 1. The van der Waals surface area contributed by atoms with E-state index in [1.54, 1.807) is 6.92 Å². The van der Waals surface area contributed by atoms with Crippen molar-refractivity contribution in [1.82, 2.24) is 5.32 Å². The van der Waals surface area contributed by atoms with Crippen LogP contribution >= 0.6 is 0 Å². The van der Waals surface area contributed by atoms with Gasteiger partial charge in [-0.05, 0) is 6.92 Å². The number of rotatable bonds is 4. The van der Waals surface area contributed by atoms with Crippen molar-refractivity contribution in [3.63, 3.8) is 0 Å². The molecule has 1 aromatic carbocycles. The summed E-state index contributed by atoms with van der Waals surface area (Å²) < 4.78 is 33.0. The average Bonchev–Trinajstić information content (AvgIpc) is 2.70. The summed E-state index contributed by atoms with van der Waals surface area (Å²) in [7, 11) is 0. The SMILES string of the molecule is CCOc1cc(F)c(C2CNC(=O)C2C(=O)O)c(F)c1. The van der Waals surface area contributed by atoms with E-state index in [2.05, 4.69) is 5.32 Å². The Morgan fingerprint density at radius 2 is 2.05 bits per heavy atom. The monoisotopic (exact) mass is 285 g/mol. The molecular weight excluding hydrogens is 272 g/mol. The van der Waals surface area contributed by atoms with E-state index < -0.39 is 40.9 Å². The topological polar surface area (TPSA) is 75.6 Å². The van der Waals surface area contributed by atoms with E-state index in [-0.39, 0.29) is 18.9 Å². The quantitative estimate of drug-likeness (QED) is 0.817. The second-order valence-corrected chi connectivity index (χ2v) is 4.40. The van der Waals surface area contributed by atoms with Crippen LogP contribution in [0.5, 0.6) is 5.75 Å². The van der Waals surface area contributed by atoms with Crippen LogP contribution in [0.15, 0.2) is 12.1 Å². The average molecular weight is 285 g/mol. The van der Waals surface area contributed by atoms with E-state index in [4.69, 9.17) is 9.84 Å². The summed E-state index contributed by atoms with van der Waals surface area (Å²) in [6.45, 7) is 1.81. The first-order valence-electron chi connectivity index (χ1n) is 6.08. The number of amides is 1. The minimum Gasteiger partial charge on any atom is -0.494 e. The summed E-state index contributed by atoms with van der Waals surface area (Å²) in [5, 5.41) is 11.3. The first-order chi connectivity index (χ1) is 9.45. The Balaban J connectivity index is 2.42. The number of carbonyl (C=O) groups is 2. The van der Waals surface area contributed by atoms with E-state index in [9.17, 15) is 18.4 Å². The second-order valence-electron chi connectivity index (χ2n) is 4.40. The molecule has 1 aliphatic heterocycles. The molecule has 2 N–H and O–H groups in total. The van der Waals surface area contributed by atoms with E-state index in [1.165, 1.54) is 0 Å². The normalized spacial score (nSPS) is 21.6. The highest BCUT2D eigenvalue weighted by Crippen LogP contribution is 2.34. The van der Waals surface area contributed by atoms with Crippen molar-refractivity contribution in [2.45, 2.75) is 12.8 Å². The Kier molecular flexibility index (Phi) is 3.87. The van der Waals surface area contributed by atoms with Crippen molar-refractivity contribution in [1.29, 1.82) is 0 Å². The minimum absolute atomic E-state index is 0.0235. The number of carboxylic acids is 1. The van der Waals surface area contributed by atoms with Gasteiger partial charge in [0, 0.05) is 30.2 Å². The van der Waals surface area contributed by atoms with Gasteiger partial charge in [-0.25, -0.2) is 8.78 Å². The first kappa shape index (κ1) is 14.2. The molecule has 2 unspecified atom stereocenters. The van der Waals surface area contributed by atoms with E-state index in [1.807, 2.05) is 0 Å². The number of benzene rings is 1. The van der Waals surface area contributed by atoms with Crippen LogP contribution in [0.4, 0.5) is 8.78 Å². The molecule has 2 rings (SSSR count). The van der Waals surface area contributed by atoms with Gasteiger partial charge >= 0.3 is 5.97 Å². The molecule has 1 heterocycles. The lowest BCUT2D eigenvalue weighted by molar-refractivity contribution is -0.145. The van der Waals surface area contributed by atoms with Crippen LogP contribution in [0.1, 0.15) is 18.4 Å². The van der Waals surface area contributed by atoms with Crippen LogP contribution in [0.2, 0.25) is 0 Å². The number of aliphatic carboxylic acids is 1. The predicted octanol–water partition coefficient (Wildman–Crippen LogP) is 1.28. The zero-order chi connectivity index (χ0) is 14.9. The predicted molar refractivity (Wildman–Crippen MR) is 64.4 cm³/mol. The molecule has 2 atom stereocenters. The van der Waals surface area contributed by atoms with Gasteiger partial charge in [0.2, 0.25) is 5.91 Å². The third-order valence-electron chi connectivity index (χ3n) is 3.18. The summed E-state index contributed by atoms with van der Waals surface area (Å²) in [6.07, 6.45) is 0. The molecule has 0 aromatic heterocycles. The van der Waals surface area contributed by atoms with Crippen LogP contribution in [0.25, 0.3) is 0 Å². The summed E-state index contributed by atoms with van der Waals surface area (Å²) in [6, 6.07) is 1.98. The molecule has 0 spiro atoms. The zero-order valence-electron chi connectivity index (χ0n) is 10.7. The van der Waals surface area contributed by atoms with Gasteiger partial charge in [-0.15, -0.1) is 0 Å². The number of halogens is 2. The molecule has 0 aliphatic carbocycles. The van der Waals surface area contributed by atoms with Crippen LogP contribution in [-0.2, 0) is 9.59 Å². The maximum Gasteiger partial charge on any atom is 0.316 e. The highest BCUT2D eigenvalue weighted by Gasteiger charge is 2.43. The highest BCUT2D eigenvalue weighted by molar-refractivity contribution is 5.99. The molecule has 1 fully saturated rings. The third kappa shape index (κ3) is 2.43. The molecule has 1 saturated heterocycles. The van der Waals surface area contributed by atoms with Gasteiger partial charge in [-0.3, -0.25) is 9.59 Å². The zero-order valence-corrected chi connectivity index (χ0v) is 10.7. The summed E-state index contributed by atoms with van der Waals surface area (Å²) in [5.41, 5.74) is -0.404. The van der Waals surface area contributed by atoms with Gasteiger partial charge in [0.25, 0.3) is 0 Å². The number of carbonyl (C=O) groups excluding carboxylic acids is 1. The summed E-state index contributed by atoms with van der Waals surface area (Å²) >= 11 is 0. The number of ether oxygens (including phenoxy) is 1. The van der Waals surface area contributed by atoms with Crippen LogP contribution in [-0.4, -0.2) is 30.1 Å². The van der Waals surface area contributed by atoms with Crippen LogP contribution in [0.3, 0.4) is 0 Å². The second kappa shape index (κ2) is 5.44. The molecule has 1 aliphatic rings. The molecule has 0 saturated carbocycles. The molecule has 1 amide bonds. The van der Waals surface area contributed by atoms with Gasteiger partial charge in [0.15, 0.2) is 0 Å². The molecule has 0 bridgehead atoms. The molecule has 20 heavy (non-hydrogen) atoms. The van der Waals surface area contributed by atoms with E-state index >= 15 is 0 Å². The Morgan fingerprint density at radius 1 is 1.45 bits per heavy atom. The maximum absolute atomic E-state index is 14.0. The molecule has 108 valence electrons. The number of hydrogen-bond acceptors (Lipinski definition) is 3. The highest BCUT2D eigenvalue weighted by atomic mass is 19.1. The molecule has 1 aromatic rings. The molecule has 0 radical (unpaired) electrons. The molecule has 7 heteroatoms. The van der Waals surface area contributed by atoms with Crippen molar-refractivity contribution in [3.8, 4) is 5.75 Å². The minimum atomic E-state index is -1.49. The third-order valence-corrected chi connectivity index (χ3v) is 3.18. The summed E-state index contributed by atoms with van der Waals surface area (Å²) in [5.74, 6) is -6.52. The number of hydrogen-bond donors (Lipinski definition) is 2. The van der Waals surface area contributed by atoms with Gasteiger partial charge in [0.1, 0.15) is 23.3 Å². The van der Waals surface area contributed by atoms with Crippen molar-refractivity contribution in [2.75, 3.05) is 13.2 Å². The Labute approximate surface area is 113 Å². The summed E-state index contributed by atoms with van der Waals surface area (Å²) in [4.78, 5) is 22.5. The van der Waals surface area contributed by atoms with E-state index in [0.29, 0.717) is 0 Å². The van der Waals surface area contributed by atoms with Crippen molar-refractivity contribution in [2.24, 2.45) is 5.92 Å². The van der Waals surface area contributed by atoms with Crippen molar-refractivity contribution < 1.29 is 28.2 Å². The standard InChI is InChI=1S/C13H13F2NO4/c1-2-20-6-3-8(14)10(9(15)4-6)7-5-16-12(17)11(7)13(18)19/h3-4,7,11H,2,5H2,1H3,(H,16,17)(H,18,19). The largest absolute Gasteiger partial charge is 0.494 e. The Morgan fingerprint density at radius 3 is 2.55 bits per heavy atom. The van der Waals surface area contributed by atoms with Gasteiger partial charge < -0.3 is 15.2 Å². The lowest BCUT2D eigenvalue weighted by Gasteiger charge is -2.16. The van der Waals surface area contributed by atoms with Crippen LogP contribution < -0.4 is 10.1 Å². The first-order valence-corrected chi connectivity index (χ1v) is 6.08. The Bertz CT molecular complexity index is 538. The fourth-order valence-corrected chi connectivity index (χ4v) is 2.34. The Hall–Kier alpha value is -2.18. The van der Waals surface area contributed by atoms with Crippen LogP contribution in [0, 0.1) is 17.6 Å². The molecular formula is C13H13F2NO4. The van der Waals surface area contributed by atoms with E-state index in [0.717, 1.165) is 12.1 Å². The van der Waals surface area contributed by atoms with Crippen molar-refractivity contribution in [3.05, 3.63) is 29.3 Å². The fraction of sp³-hybridized carbons (Fsp3) is 0.385. The fourth-order valence-electron chi connectivity index (χ4n) is 2.34. The maximum atomic E-state index is 14.0. The van der Waals surface area contributed by atoms with Gasteiger partial charge in [0.05, 0.1) is 6.61 Å². The lowest BCUT2D eigenvalue weighted by Crippen LogP contribution is -2.27. The van der Waals surface area contributed by atoms with Crippen molar-refractivity contribution >= 4 is 11.9 Å². The lowest BCUT2D eigenvalue weighted by atomic mass is 9.88.